The summed E-state index contributed by atoms with van der Waals surface area (Å²) in [5.41, 5.74) is 2.89. The minimum atomic E-state index is -3.82. The number of sulfonamides is 1. The average molecular weight is 313 g/mol. The number of rotatable bonds is 6. The number of amides is 1. The second-order valence-corrected chi connectivity index (χ2v) is 6.51. The number of ketones is 1. The first-order valence-electron chi connectivity index (χ1n) is 6.24. The number of hydrogen-bond donors (Lipinski definition) is 2. The smallest absolute Gasteiger partial charge is 0.252 e. The molecule has 1 aromatic rings. The molecule has 0 unspecified atom stereocenters. The number of nitrogens with one attached hydrogen (secondary N) is 2. The van der Waals surface area contributed by atoms with E-state index in [4.69, 9.17) is 0 Å². The molecule has 0 bridgehead atoms. The van der Waals surface area contributed by atoms with Gasteiger partial charge in [-0.15, -0.1) is 0 Å². The van der Waals surface area contributed by atoms with E-state index in [0.29, 0.717) is 5.56 Å². The van der Waals surface area contributed by atoms with Crippen LogP contribution in [0, 0.1) is 0 Å². The van der Waals surface area contributed by atoms with Crippen LogP contribution in [0.3, 0.4) is 0 Å². The molecule has 0 saturated heterocycles. The van der Waals surface area contributed by atoms with E-state index >= 15 is 0 Å². The largest absolute Gasteiger partial charge is 0.295 e. The zero-order valence-corrected chi connectivity index (χ0v) is 13.2. The van der Waals surface area contributed by atoms with E-state index in [1.807, 2.05) is 0 Å². The minimum Gasteiger partial charge on any atom is -0.295 e. The first kappa shape index (κ1) is 17.3. The maximum Gasteiger partial charge on any atom is 0.252 e. The van der Waals surface area contributed by atoms with Gasteiger partial charge in [-0.2, -0.15) is 4.72 Å². The van der Waals surface area contributed by atoms with Crippen LogP contribution in [0.15, 0.2) is 29.2 Å². The minimum absolute atomic E-state index is 0.00277. The van der Waals surface area contributed by atoms with Crippen molar-refractivity contribution in [3.8, 4) is 0 Å². The quantitative estimate of drug-likeness (QED) is 0.576. The van der Waals surface area contributed by atoms with E-state index in [1.54, 1.807) is 14.1 Å². The highest BCUT2D eigenvalue weighted by molar-refractivity contribution is 7.89. The van der Waals surface area contributed by atoms with Gasteiger partial charge in [0.1, 0.15) is 0 Å². The van der Waals surface area contributed by atoms with Gasteiger partial charge in [-0.25, -0.2) is 13.4 Å². The number of Topliss-reactive ketones (excluding diaryl/α,β-unsaturated/α-hetero) is 1. The van der Waals surface area contributed by atoms with Crippen LogP contribution >= 0.6 is 0 Å². The van der Waals surface area contributed by atoms with Crippen molar-refractivity contribution in [1.29, 1.82) is 0 Å². The molecule has 8 heteroatoms. The second-order valence-electron chi connectivity index (χ2n) is 4.79. The fraction of sp³-hybridized carbons (Fsp3) is 0.385. The summed E-state index contributed by atoms with van der Waals surface area (Å²) in [5, 5.41) is 1.43. The summed E-state index contributed by atoms with van der Waals surface area (Å²) in [6, 6.07) is 4.60. The molecule has 7 nitrogen and oxygen atoms in total. The van der Waals surface area contributed by atoms with Crippen LogP contribution in [0.25, 0.3) is 0 Å². The topological polar surface area (TPSA) is 95.6 Å². The van der Waals surface area contributed by atoms with Gasteiger partial charge in [-0.1, -0.05) is 12.1 Å². The summed E-state index contributed by atoms with van der Waals surface area (Å²) >= 11 is 0. The molecule has 0 aliphatic heterocycles. The van der Waals surface area contributed by atoms with Gasteiger partial charge in [0.25, 0.3) is 5.91 Å². The summed E-state index contributed by atoms with van der Waals surface area (Å²) in [4.78, 5) is 22.8. The van der Waals surface area contributed by atoms with E-state index in [1.165, 1.54) is 43.1 Å². The Morgan fingerprint density at radius 2 is 1.67 bits per heavy atom. The summed E-state index contributed by atoms with van der Waals surface area (Å²) in [6.45, 7) is 2.84. The number of carbonyl (C=O) groups excluding carboxylic acids is 2. The molecule has 1 rings (SSSR count). The van der Waals surface area contributed by atoms with E-state index in [0.717, 1.165) is 0 Å². The molecule has 2 N–H and O–H groups in total. The van der Waals surface area contributed by atoms with Crippen LogP contribution in [-0.4, -0.2) is 45.3 Å². The lowest BCUT2D eigenvalue weighted by atomic mass is 10.2. The standard InChI is InChI=1S/C13H19N3O4S/c1-9(13(18)14-16(3)4)15-21(19,20)12-7-5-11(6-8-12)10(2)17/h5-9,15H,1-4H3,(H,14,18)/t9-/m0/s1. The molecule has 0 aliphatic carbocycles. The van der Waals surface area contributed by atoms with Gasteiger partial charge in [0, 0.05) is 19.7 Å². The monoisotopic (exact) mass is 313 g/mol. The molecule has 0 radical (unpaired) electrons. The molecule has 1 aromatic carbocycles. The second kappa shape index (κ2) is 6.79. The fourth-order valence-electron chi connectivity index (χ4n) is 1.54. The highest BCUT2D eigenvalue weighted by Crippen LogP contribution is 2.11. The van der Waals surface area contributed by atoms with Crippen LogP contribution < -0.4 is 10.1 Å². The third kappa shape index (κ3) is 4.92. The predicted octanol–water partition coefficient (Wildman–Crippen LogP) is 0.149. The average Bonchev–Trinajstić information content (AvgIpc) is 2.37. The van der Waals surface area contributed by atoms with Gasteiger partial charge in [-0.3, -0.25) is 15.0 Å². The Hall–Kier alpha value is -1.77. The van der Waals surface area contributed by atoms with E-state index in [2.05, 4.69) is 10.1 Å². The van der Waals surface area contributed by atoms with Gasteiger partial charge in [0.2, 0.25) is 10.0 Å². The van der Waals surface area contributed by atoms with Crippen LogP contribution in [0.4, 0.5) is 0 Å². The lowest BCUT2D eigenvalue weighted by molar-refractivity contribution is -0.126. The normalized spacial score (nSPS) is 13.0. The number of hydrazine groups is 1. The van der Waals surface area contributed by atoms with Crippen LogP contribution in [0.2, 0.25) is 0 Å². The Bertz CT molecular complexity index is 623. The summed E-state index contributed by atoms with van der Waals surface area (Å²) in [7, 11) is -0.574. The number of nitrogens with zero attached hydrogens (tertiary/aromatic N) is 1. The molecule has 1 atom stereocenters. The predicted molar refractivity (Wildman–Crippen MR) is 78.1 cm³/mol. The van der Waals surface area contributed by atoms with Gasteiger partial charge in [0.05, 0.1) is 10.9 Å². The highest BCUT2D eigenvalue weighted by atomic mass is 32.2. The summed E-state index contributed by atoms with van der Waals surface area (Å²) in [6.07, 6.45) is 0. The van der Waals surface area contributed by atoms with Crippen molar-refractivity contribution < 1.29 is 18.0 Å². The van der Waals surface area contributed by atoms with Gasteiger partial charge in [-0.05, 0) is 26.0 Å². The molecule has 0 aliphatic rings. The van der Waals surface area contributed by atoms with Gasteiger partial charge < -0.3 is 0 Å². The van der Waals surface area contributed by atoms with Crippen molar-refractivity contribution in [3.05, 3.63) is 29.8 Å². The van der Waals surface area contributed by atoms with Crippen molar-refractivity contribution >= 4 is 21.7 Å². The van der Waals surface area contributed by atoms with Crippen molar-refractivity contribution in [2.24, 2.45) is 0 Å². The lowest BCUT2D eigenvalue weighted by Crippen LogP contribution is -2.48. The molecule has 0 aromatic heterocycles. The molecule has 0 heterocycles. The molecule has 116 valence electrons. The molecule has 21 heavy (non-hydrogen) atoms. The third-order valence-corrected chi connectivity index (χ3v) is 4.19. The third-order valence-electron chi connectivity index (χ3n) is 2.63. The summed E-state index contributed by atoms with van der Waals surface area (Å²) < 4.78 is 26.5. The zero-order valence-electron chi connectivity index (χ0n) is 12.4. The van der Waals surface area contributed by atoms with Crippen molar-refractivity contribution in [2.45, 2.75) is 24.8 Å². The van der Waals surface area contributed by atoms with E-state index < -0.39 is 22.0 Å². The maximum atomic E-state index is 12.1. The van der Waals surface area contributed by atoms with E-state index in [9.17, 15) is 18.0 Å². The van der Waals surface area contributed by atoms with Crippen LogP contribution in [0.5, 0.6) is 0 Å². The Labute approximate surface area is 124 Å². The Kier molecular flexibility index (Phi) is 5.59. The molecular weight excluding hydrogens is 294 g/mol. The zero-order chi connectivity index (χ0) is 16.2. The van der Waals surface area contributed by atoms with Gasteiger partial charge in [0.15, 0.2) is 5.78 Å². The molecular formula is C13H19N3O4S. The van der Waals surface area contributed by atoms with E-state index in [-0.39, 0.29) is 10.7 Å². The number of benzene rings is 1. The Morgan fingerprint density at radius 3 is 2.10 bits per heavy atom. The maximum absolute atomic E-state index is 12.1. The molecule has 0 fully saturated rings. The van der Waals surface area contributed by atoms with Crippen molar-refractivity contribution in [1.82, 2.24) is 15.2 Å². The van der Waals surface area contributed by atoms with Crippen LogP contribution in [0.1, 0.15) is 24.2 Å². The van der Waals surface area contributed by atoms with Crippen molar-refractivity contribution in [3.63, 3.8) is 0 Å². The summed E-state index contributed by atoms with van der Waals surface area (Å²) in [5.74, 6) is -0.616. The fourth-order valence-corrected chi connectivity index (χ4v) is 2.74. The first-order valence-corrected chi connectivity index (χ1v) is 7.73. The molecule has 0 saturated carbocycles. The van der Waals surface area contributed by atoms with Gasteiger partial charge >= 0.3 is 0 Å². The SMILES string of the molecule is CC(=O)c1ccc(S(=O)(=O)N[C@@H](C)C(=O)NN(C)C)cc1. The van der Waals surface area contributed by atoms with Crippen molar-refractivity contribution in [2.75, 3.05) is 14.1 Å². The number of carbonyl (C=O) groups is 2. The van der Waals surface area contributed by atoms with Crippen LogP contribution in [-0.2, 0) is 14.8 Å². The first-order chi connectivity index (χ1) is 9.63. The molecule has 0 spiro atoms. The molecule has 1 amide bonds. The lowest BCUT2D eigenvalue weighted by Gasteiger charge is -2.17. The Morgan fingerprint density at radius 1 is 1.14 bits per heavy atom. The number of hydrogen-bond acceptors (Lipinski definition) is 5. The highest BCUT2D eigenvalue weighted by Gasteiger charge is 2.22. The Balaban J connectivity index is 2.86.